The van der Waals surface area contributed by atoms with Crippen LogP contribution < -0.4 is 0 Å². The van der Waals surface area contributed by atoms with Gasteiger partial charge in [0.05, 0.1) is 0 Å². The molecule has 0 aliphatic heterocycles. The molecule has 0 rings (SSSR count). The molecule has 0 fully saturated rings. The molecule has 0 aromatic rings. The van der Waals surface area contributed by atoms with Crippen LogP contribution in [0.5, 0.6) is 0 Å². The summed E-state index contributed by atoms with van der Waals surface area (Å²) in [6.45, 7) is 9.20. The zero-order valence-corrected chi connectivity index (χ0v) is 16.9. The second-order valence-electron chi connectivity index (χ2n) is 6.27. The fraction of sp³-hybridized carbons (Fsp3) is 1.00. The van der Waals surface area contributed by atoms with E-state index >= 15 is 0 Å². The minimum atomic E-state index is -1.50. The molecule has 0 bridgehead atoms. The van der Waals surface area contributed by atoms with E-state index < -0.39 is 16.6 Å². The molecular formula is C16H38O2Si2. The molecule has 2 nitrogen and oxygen atoms in total. The minimum Gasteiger partial charge on any atom is -0.420 e. The maximum atomic E-state index is 6.12. The Labute approximate surface area is 129 Å². The third kappa shape index (κ3) is 6.41. The molecule has 0 N–H and O–H groups in total. The standard InChI is InChI=1S/C16H38O2Si2/c1-7-11-19(17-5,12-8-2)15-16-20(18-6,13-9-3)14-10-4/h7-16H2,1-6H3. The summed E-state index contributed by atoms with van der Waals surface area (Å²) in [5, 5.41) is 0. The summed E-state index contributed by atoms with van der Waals surface area (Å²) < 4.78 is 12.2. The van der Waals surface area contributed by atoms with Crippen LogP contribution in [0.4, 0.5) is 0 Å². The van der Waals surface area contributed by atoms with E-state index in [1.165, 1.54) is 61.9 Å². The Morgan fingerprint density at radius 3 is 0.900 bits per heavy atom. The van der Waals surface area contributed by atoms with Crippen molar-refractivity contribution < 1.29 is 8.85 Å². The lowest BCUT2D eigenvalue weighted by molar-refractivity contribution is 0.375. The molecule has 0 heterocycles. The van der Waals surface area contributed by atoms with Crippen LogP contribution in [0.25, 0.3) is 0 Å². The fourth-order valence-corrected chi connectivity index (χ4v) is 13.7. The van der Waals surface area contributed by atoms with Gasteiger partial charge in [-0.25, -0.2) is 0 Å². The summed E-state index contributed by atoms with van der Waals surface area (Å²) in [5.74, 6) is 0. The summed E-state index contributed by atoms with van der Waals surface area (Å²) in [7, 11) is 0.933. The van der Waals surface area contributed by atoms with Gasteiger partial charge in [0, 0.05) is 14.2 Å². The van der Waals surface area contributed by atoms with Gasteiger partial charge in [-0.05, 0) is 36.3 Å². The molecule has 122 valence electrons. The van der Waals surface area contributed by atoms with Gasteiger partial charge >= 0.3 is 0 Å². The molecule has 0 saturated carbocycles. The summed E-state index contributed by atoms with van der Waals surface area (Å²) in [4.78, 5) is 0. The first-order valence-corrected chi connectivity index (χ1v) is 13.7. The van der Waals surface area contributed by atoms with E-state index in [-0.39, 0.29) is 0 Å². The van der Waals surface area contributed by atoms with Crippen molar-refractivity contribution in [2.45, 2.75) is 89.6 Å². The van der Waals surface area contributed by atoms with Crippen molar-refractivity contribution in [3.8, 4) is 0 Å². The molecule has 4 heteroatoms. The van der Waals surface area contributed by atoms with Crippen molar-refractivity contribution >= 4 is 16.6 Å². The summed E-state index contributed by atoms with van der Waals surface area (Å²) in [5.41, 5.74) is 0. The Morgan fingerprint density at radius 1 is 0.500 bits per heavy atom. The van der Waals surface area contributed by atoms with Gasteiger partial charge in [0.25, 0.3) is 0 Å². The number of rotatable bonds is 13. The normalized spacial score (nSPS) is 12.9. The zero-order chi connectivity index (χ0) is 15.5. The van der Waals surface area contributed by atoms with Gasteiger partial charge in [-0.3, -0.25) is 0 Å². The van der Waals surface area contributed by atoms with Crippen molar-refractivity contribution in [2.75, 3.05) is 14.2 Å². The molecule has 0 saturated heterocycles. The van der Waals surface area contributed by atoms with E-state index in [2.05, 4.69) is 27.7 Å². The summed E-state index contributed by atoms with van der Waals surface area (Å²) in [6, 6.07) is 7.94. The molecular weight excluding hydrogens is 280 g/mol. The van der Waals surface area contributed by atoms with Gasteiger partial charge in [-0.2, -0.15) is 0 Å². The predicted octanol–water partition coefficient (Wildman–Crippen LogP) is 5.81. The second-order valence-corrected chi connectivity index (χ2v) is 14.8. The Hall–Kier alpha value is 0.354. The predicted molar refractivity (Wildman–Crippen MR) is 95.5 cm³/mol. The summed E-state index contributed by atoms with van der Waals surface area (Å²) >= 11 is 0. The van der Waals surface area contributed by atoms with E-state index in [1.54, 1.807) is 0 Å². The maximum Gasteiger partial charge on any atom is 0.192 e. The van der Waals surface area contributed by atoms with E-state index in [0.29, 0.717) is 0 Å². The Bertz CT molecular complexity index is 199. The van der Waals surface area contributed by atoms with Crippen LogP contribution in [0.1, 0.15) is 53.4 Å². The Morgan fingerprint density at radius 2 is 0.750 bits per heavy atom. The number of hydrogen-bond donors (Lipinski definition) is 0. The lowest BCUT2D eigenvalue weighted by Crippen LogP contribution is -2.43. The van der Waals surface area contributed by atoms with Crippen LogP contribution in [-0.4, -0.2) is 30.9 Å². The number of hydrogen-bond acceptors (Lipinski definition) is 2. The van der Waals surface area contributed by atoms with E-state index in [4.69, 9.17) is 8.85 Å². The average Bonchev–Trinajstić information content (AvgIpc) is 2.45. The highest BCUT2D eigenvalue weighted by Gasteiger charge is 2.38. The van der Waals surface area contributed by atoms with Crippen LogP contribution in [-0.2, 0) is 8.85 Å². The van der Waals surface area contributed by atoms with Crippen LogP contribution in [0.15, 0.2) is 0 Å². The maximum absolute atomic E-state index is 6.12. The zero-order valence-electron chi connectivity index (χ0n) is 14.9. The molecule has 0 unspecified atom stereocenters. The minimum absolute atomic E-state index is 1.27. The Kier molecular flexibility index (Phi) is 11.2. The average molecular weight is 319 g/mol. The van der Waals surface area contributed by atoms with Crippen molar-refractivity contribution in [3.63, 3.8) is 0 Å². The lowest BCUT2D eigenvalue weighted by Gasteiger charge is -2.35. The topological polar surface area (TPSA) is 18.5 Å². The van der Waals surface area contributed by atoms with Crippen molar-refractivity contribution in [1.29, 1.82) is 0 Å². The molecule has 0 radical (unpaired) electrons. The van der Waals surface area contributed by atoms with Gasteiger partial charge in [0.2, 0.25) is 0 Å². The molecule has 0 aliphatic rings. The third-order valence-corrected chi connectivity index (χ3v) is 14.9. The van der Waals surface area contributed by atoms with Crippen LogP contribution >= 0.6 is 0 Å². The molecule has 0 spiro atoms. The largest absolute Gasteiger partial charge is 0.420 e. The summed E-state index contributed by atoms with van der Waals surface area (Å²) in [6.07, 6.45) is 5.07. The quantitative estimate of drug-likeness (QED) is 0.399. The van der Waals surface area contributed by atoms with Gasteiger partial charge < -0.3 is 8.85 Å². The van der Waals surface area contributed by atoms with E-state index in [9.17, 15) is 0 Å². The first-order chi connectivity index (χ1) is 9.57. The molecule has 0 amide bonds. The van der Waals surface area contributed by atoms with E-state index in [1.807, 2.05) is 14.2 Å². The molecule has 0 atom stereocenters. The molecule has 0 aliphatic carbocycles. The monoisotopic (exact) mass is 318 g/mol. The van der Waals surface area contributed by atoms with Crippen LogP contribution in [0, 0.1) is 0 Å². The first kappa shape index (κ1) is 20.4. The van der Waals surface area contributed by atoms with Crippen molar-refractivity contribution in [3.05, 3.63) is 0 Å². The highest BCUT2D eigenvalue weighted by atomic mass is 28.4. The van der Waals surface area contributed by atoms with Crippen molar-refractivity contribution in [2.24, 2.45) is 0 Å². The smallest absolute Gasteiger partial charge is 0.192 e. The van der Waals surface area contributed by atoms with Gasteiger partial charge in [0.15, 0.2) is 16.6 Å². The lowest BCUT2D eigenvalue weighted by atomic mass is 10.6. The van der Waals surface area contributed by atoms with Gasteiger partial charge in [0.1, 0.15) is 0 Å². The third-order valence-electron chi connectivity index (χ3n) is 4.72. The fourth-order valence-electron chi connectivity index (χ4n) is 3.64. The SMILES string of the molecule is CCC[Si](CCC)(CC[Si](CCC)(CCC)OC)OC. The van der Waals surface area contributed by atoms with Gasteiger partial charge in [-0.15, -0.1) is 0 Å². The molecule has 0 aromatic carbocycles. The molecule has 0 aromatic heterocycles. The Balaban J connectivity index is 4.83. The second kappa shape index (κ2) is 11.0. The highest BCUT2D eigenvalue weighted by Crippen LogP contribution is 2.34. The van der Waals surface area contributed by atoms with Crippen molar-refractivity contribution in [1.82, 2.24) is 0 Å². The van der Waals surface area contributed by atoms with Crippen LogP contribution in [0.2, 0.25) is 36.3 Å². The van der Waals surface area contributed by atoms with E-state index in [0.717, 1.165) is 0 Å². The molecule has 20 heavy (non-hydrogen) atoms. The van der Waals surface area contributed by atoms with Crippen LogP contribution in [0.3, 0.4) is 0 Å². The van der Waals surface area contributed by atoms with Gasteiger partial charge in [-0.1, -0.05) is 53.4 Å². The first-order valence-electron chi connectivity index (χ1n) is 8.67. The highest BCUT2D eigenvalue weighted by molar-refractivity contribution is 6.79.